The van der Waals surface area contributed by atoms with Crippen LogP contribution in [0.1, 0.15) is 16.2 Å². The van der Waals surface area contributed by atoms with Crippen molar-refractivity contribution >= 4 is 23.2 Å². The molecule has 0 aliphatic carbocycles. The second kappa shape index (κ2) is 7.63. The molecule has 1 N–H and O–H groups in total. The highest BCUT2D eigenvalue weighted by Gasteiger charge is 2.23. The van der Waals surface area contributed by atoms with Crippen molar-refractivity contribution in [1.29, 1.82) is 0 Å². The third-order valence-electron chi connectivity index (χ3n) is 4.53. The van der Waals surface area contributed by atoms with Gasteiger partial charge in [0.2, 0.25) is 0 Å². The van der Waals surface area contributed by atoms with Crippen molar-refractivity contribution in [3.8, 4) is 0 Å². The van der Waals surface area contributed by atoms with E-state index in [1.165, 1.54) is 12.1 Å². The molecule has 9 heteroatoms. The maximum atomic E-state index is 13.1. The molecule has 1 amide bonds. The molecular weight excluding hydrogens is 363 g/mol. The Hall–Kier alpha value is -3.49. The first-order chi connectivity index (χ1) is 13.6. The normalized spacial score (nSPS) is 14.2. The minimum atomic E-state index is -0.257. The average Bonchev–Trinajstić information content (AvgIpc) is 3.13. The monoisotopic (exact) mass is 382 g/mol. The van der Waals surface area contributed by atoms with E-state index in [4.69, 9.17) is 4.52 Å². The Morgan fingerprint density at radius 1 is 1.04 bits per heavy atom. The predicted molar refractivity (Wildman–Crippen MR) is 101 cm³/mol. The van der Waals surface area contributed by atoms with E-state index in [0.29, 0.717) is 43.6 Å². The maximum absolute atomic E-state index is 13.1. The highest BCUT2D eigenvalue weighted by molar-refractivity contribution is 5.92. The minimum absolute atomic E-state index is 0.157. The molecule has 1 saturated heterocycles. The van der Waals surface area contributed by atoms with Gasteiger partial charge >= 0.3 is 0 Å². The zero-order valence-corrected chi connectivity index (χ0v) is 15.3. The Labute approximate surface area is 160 Å². The molecule has 1 aliphatic rings. The van der Waals surface area contributed by atoms with E-state index >= 15 is 0 Å². The first-order valence-corrected chi connectivity index (χ1v) is 8.92. The number of piperazine rings is 1. The van der Waals surface area contributed by atoms with E-state index in [1.807, 2.05) is 0 Å². The van der Waals surface area contributed by atoms with Gasteiger partial charge < -0.3 is 19.6 Å². The van der Waals surface area contributed by atoms with Crippen LogP contribution in [0.5, 0.6) is 0 Å². The minimum Gasteiger partial charge on any atom is -0.368 e. The molecule has 1 aliphatic heterocycles. The molecule has 4 rings (SSSR count). The molecule has 3 aromatic rings. The molecule has 0 atom stereocenters. The second-order valence-electron chi connectivity index (χ2n) is 6.51. The molecule has 8 nitrogen and oxygen atoms in total. The number of hydrogen-bond acceptors (Lipinski definition) is 7. The Morgan fingerprint density at radius 3 is 2.39 bits per heavy atom. The number of anilines is 3. The fraction of sp³-hybridized carbons (Fsp3) is 0.263. The molecule has 1 fully saturated rings. The van der Waals surface area contributed by atoms with Gasteiger partial charge in [-0.3, -0.25) is 4.79 Å². The van der Waals surface area contributed by atoms with E-state index in [2.05, 4.69) is 25.6 Å². The lowest BCUT2D eigenvalue weighted by Gasteiger charge is -2.35. The summed E-state index contributed by atoms with van der Waals surface area (Å²) in [5.41, 5.74) is 1.24. The number of benzene rings is 1. The molecule has 0 bridgehead atoms. The highest BCUT2D eigenvalue weighted by atomic mass is 19.1. The molecule has 0 saturated carbocycles. The average molecular weight is 382 g/mol. The van der Waals surface area contributed by atoms with E-state index in [-0.39, 0.29) is 17.4 Å². The summed E-state index contributed by atoms with van der Waals surface area (Å²) in [4.78, 5) is 16.5. The number of aryl methyl sites for hydroxylation is 1. The molecule has 0 unspecified atom stereocenters. The van der Waals surface area contributed by atoms with E-state index < -0.39 is 0 Å². The summed E-state index contributed by atoms with van der Waals surface area (Å²) < 4.78 is 18.0. The van der Waals surface area contributed by atoms with Crippen LogP contribution in [0.2, 0.25) is 0 Å². The van der Waals surface area contributed by atoms with Gasteiger partial charge in [0, 0.05) is 37.9 Å². The lowest BCUT2D eigenvalue weighted by atomic mass is 10.2. The zero-order chi connectivity index (χ0) is 19.5. The maximum Gasteiger partial charge on any atom is 0.274 e. The van der Waals surface area contributed by atoms with Crippen LogP contribution in [-0.2, 0) is 0 Å². The number of aromatic nitrogens is 3. The van der Waals surface area contributed by atoms with Crippen molar-refractivity contribution in [2.75, 3.05) is 36.4 Å². The summed E-state index contributed by atoms with van der Waals surface area (Å²) in [7, 11) is 0. The number of nitrogens with zero attached hydrogens (tertiary/aromatic N) is 5. The first kappa shape index (κ1) is 17.9. The quantitative estimate of drug-likeness (QED) is 0.742. The summed E-state index contributed by atoms with van der Waals surface area (Å²) in [6.07, 6.45) is 0. The predicted octanol–water partition coefficient (Wildman–Crippen LogP) is 2.62. The van der Waals surface area contributed by atoms with Crippen molar-refractivity contribution in [1.82, 2.24) is 20.3 Å². The van der Waals surface area contributed by atoms with Crippen LogP contribution in [0.15, 0.2) is 47.0 Å². The van der Waals surface area contributed by atoms with Crippen molar-refractivity contribution in [2.45, 2.75) is 6.92 Å². The van der Waals surface area contributed by atoms with Gasteiger partial charge in [0.05, 0.1) is 0 Å². The number of hydrogen-bond donors (Lipinski definition) is 1. The van der Waals surface area contributed by atoms with Crippen molar-refractivity contribution in [3.63, 3.8) is 0 Å². The van der Waals surface area contributed by atoms with Crippen LogP contribution in [0.3, 0.4) is 0 Å². The van der Waals surface area contributed by atoms with Gasteiger partial charge in [0.15, 0.2) is 17.3 Å². The Morgan fingerprint density at radius 2 is 1.79 bits per heavy atom. The van der Waals surface area contributed by atoms with Gasteiger partial charge in [-0.05, 0) is 43.3 Å². The third kappa shape index (κ3) is 3.93. The summed E-state index contributed by atoms with van der Waals surface area (Å²) in [5, 5.41) is 14.8. The molecule has 2 aromatic heterocycles. The van der Waals surface area contributed by atoms with Gasteiger partial charge in [-0.2, -0.15) is 0 Å². The molecular formula is C19H19FN6O2. The summed E-state index contributed by atoms with van der Waals surface area (Å²) in [6, 6.07) is 11.4. The number of rotatable bonds is 4. The third-order valence-corrected chi connectivity index (χ3v) is 4.53. The van der Waals surface area contributed by atoms with Crippen molar-refractivity contribution in [2.24, 2.45) is 0 Å². The Kier molecular flexibility index (Phi) is 4.88. The van der Waals surface area contributed by atoms with Gasteiger partial charge in [-0.15, -0.1) is 10.2 Å². The molecule has 0 spiro atoms. The lowest BCUT2D eigenvalue weighted by molar-refractivity contribution is 0.0739. The van der Waals surface area contributed by atoms with E-state index in [0.717, 1.165) is 5.69 Å². The lowest BCUT2D eigenvalue weighted by Crippen LogP contribution is -2.49. The number of carbonyl (C=O) groups excluding carboxylic acids is 1. The van der Waals surface area contributed by atoms with Gasteiger partial charge in [0.25, 0.3) is 5.91 Å². The highest BCUT2D eigenvalue weighted by Crippen LogP contribution is 2.18. The summed E-state index contributed by atoms with van der Waals surface area (Å²) in [6.45, 7) is 4.28. The smallest absolute Gasteiger partial charge is 0.274 e. The largest absolute Gasteiger partial charge is 0.368 e. The van der Waals surface area contributed by atoms with Crippen molar-refractivity contribution < 1.29 is 13.7 Å². The Balaban J connectivity index is 1.35. The van der Waals surface area contributed by atoms with Crippen LogP contribution in [0.25, 0.3) is 0 Å². The van der Waals surface area contributed by atoms with E-state index in [1.54, 1.807) is 42.2 Å². The SMILES string of the molecule is Cc1cc(Nc2ccc(C(=O)N3CCN(c4ccc(F)cc4)CC3)nn2)no1. The Bertz CT molecular complexity index is 949. The topological polar surface area (TPSA) is 87.4 Å². The fourth-order valence-corrected chi connectivity index (χ4v) is 3.05. The fourth-order valence-electron chi connectivity index (χ4n) is 3.05. The number of amides is 1. The van der Waals surface area contributed by atoms with Gasteiger partial charge in [0.1, 0.15) is 11.6 Å². The number of carbonyl (C=O) groups is 1. The first-order valence-electron chi connectivity index (χ1n) is 8.92. The van der Waals surface area contributed by atoms with Crippen LogP contribution >= 0.6 is 0 Å². The number of nitrogens with one attached hydrogen (secondary N) is 1. The summed E-state index contributed by atoms with van der Waals surface area (Å²) in [5.74, 6) is 1.28. The van der Waals surface area contributed by atoms with Crippen molar-refractivity contribution in [3.05, 3.63) is 59.7 Å². The molecule has 1 aromatic carbocycles. The van der Waals surface area contributed by atoms with Crippen LogP contribution < -0.4 is 10.2 Å². The van der Waals surface area contributed by atoms with E-state index in [9.17, 15) is 9.18 Å². The van der Waals surface area contributed by atoms with Crippen LogP contribution in [0, 0.1) is 12.7 Å². The number of halogens is 1. The standard InChI is InChI=1S/C19H19FN6O2/c1-13-12-18(24-28-13)21-17-7-6-16(22-23-17)19(27)26-10-8-25(9-11-26)15-4-2-14(20)3-5-15/h2-7,12H,8-11H2,1H3,(H,21,23,24). The zero-order valence-electron chi connectivity index (χ0n) is 15.3. The molecule has 28 heavy (non-hydrogen) atoms. The van der Waals surface area contributed by atoms with Crippen LogP contribution in [-0.4, -0.2) is 52.3 Å². The van der Waals surface area contributed by atoms with Gasteiger partial charge in [-0.1, -0.05) is 5.16 Å². The molecule has 3 heterocycles. The van der Waals surface area contributed by atoms with Crippen LogP contribution in [0.4, 0.5) is 21.7 Å². The molecule has 0 radical (unpaired) electrons. The summed E-state index contributed by atoms with van der Waals surface area (Å²) >= 11 is 0. The second-order valence-corrected chi connectivity index (χ2v) is 6.51. The molecule has 144 valence electrons. The van der Waals surface area contributed by atoms with Gasteiger partial charge in [-0.25, -0.2) is 4.39 Å².